The Bertz CT molecular complexity index is 334. The van der Waals surface area contributed by atoms with Crippen molar-refractivity contribution in [3.8, 4) is 0 Å². The molecule has 0 bridgehead atoms. The first-order valence-electron chi connectivity index (χ1n) is 6.37. The Hall–Kier alpha value is -2.16. The lowest BCUT2D eigenvalue weighted by molar-refractivity contribution is -0.148. The Morgan fingerprint density at radius 3 is 1.43 bits per heavy atom. The fraction of sp³-hybridized carbons (Fsp3) is 0.667. The normalized spacial score (nSPS) is 9.90. The van der Waals surface area contributed by atoms with Crippen LogP contribution >= 0.6 is 0 Å². The van der Waals surface area contributed by atoms with Crippen molar-refractivity contribution in [1.29, 1.82) is 0 Å². The molecule has 0 unspecified atom stereocenters. The van der Waals surface area contributed by atoms with Gasteiger partial charge in [0.25, 0.3) is 0 Å². The minimum absolute atomic E-state index is 0.0887. The summed E-state index contributed by atoms with van der Waals surface area (Å²) in [5, 5.41) is 19.5. The van der Waals surface area contributed by atoms with Crippen LogP contribution in [0.25, 0.3) is 0 Å². The third-order valence-corrected chi connectivity index (χ3v) is 2.17. The zero-order valence-corrected chi connectivity index (χ0v) is 11.5. The predicted octanol–water partition coefficient (Wildman–Crippen LogP) is -0.608. The highest BCUT2D eigenvalue weighted by Crippen LogP contribution is 1.93. The molecule has 0 aliphatic rings. The number of esters is 2. The van der Waals surface area contributed by atoms with Gasteiger partial charge in [0.15, 0.2) is 0 Å². The third kappa shape index (κ3) is 14.1. The SMILES string of the molecule is O=C(O)CCC(=O)OCCNCCOC(=O)CCC(=O)O. The molecule has 0 aromatic rings. The van der Waals surface area contributed by atoms with Crippen LogP contribution in [-0.4, -0.2) is 60.4 Å². The molecule has 0 atom stereocenters. The molecular formula is C12H19NO8. The summed E-state index contributed by atoms with van der Waals surface area (Å²) in [6.07, 6.45) is -0.871. The lowest BCUT2D eigenvalue weighted by atomic mass is 10.3. The molecular weight excluding hydrogens is 286 g/mol. The molecule has 0 saturated heterocycles. The van der Waals surface area contributed by atoms with Crippen LogP contribution < -0.4 is 5.32 Å². The molecule has 21 heavy (non-hydrogen) atoms. The molecule has 0 amide bonds. The van der Waals surface area contributed by atoms with E-state index in [-0.39, 0.29) is 38.9 Å². The highest BCUT2D eigenvalue weighted by atomic mass is 16.5. The Kier molecular flexibility index (Phi) is 10.5. The summed E-state index contributed by atoms with van der Waals surface area (Å²) < 4.78 is 9.49. The molecule has 0 spiro atoms. The van der Waals surface area contributed by atoms with Crippen LogP contribution in [-0.2, 0) is 28.7 Å². The fourth-order valence-corrected chi connectivity index (χ4v) is 1.16. The molecule has 0 aromatic carbocycles. The van der Waals surface area contributed by atoms with Crippen LogP contribution in [0, 0.1) is 0 Å². The average Bonchev–Trinajstić information content (AvgIpc) is 2.41. The molecule has 0 fully saturated rings. The number of rotatable bonds is 12. The smallest absolute Gasteiger partial charge is 0.306 e. The molecule has 3 N–H and O–H groups in total. The van der Waals surface area contributed by atoms with E-state index in [2.05, 4.69) is 5.32 Å². The van der Waals surface area contributed by atoms with E-state index >= 15 is 0 Å². The summed E-state index contributed by atoms with van der Waals surface area (Å²) in [5.74, 6) is -3.29. The Morgan fingerprint density at radius 1 is 0.714 bits per heavy atom. The number of carbonyl (C=O) groups is 4. The lowest BCUT2D eigenvalue weighted by Gasteiger charge is -2.07. The molecule has 0 rings (SSSR count). The molecule has 0 aliphatic carbocycles. The Labute approximate surface area is 121 Å². The number of ether oxygens (including phenoxy) is 2. The van der Waals surface area contributed by atoms with E-state index in [4.69, 9.17) is 19.7 Å². The van der Waals surface area contributed by atoms with Crippen LogP contribution in [0.1, 0.15) is 25.7 Å². The monoisotopic (exact) mass is 305 g/mol. The van der Waals surface area contributed by atoms with Gasteiger partial charge in [-0.05, 0) is 0 Å². The summed E-state index contributed by atoms with van der Waals surface area (Å²) in [6.45, 7) is 0.855. The second kappa shape index (κ2) is 11.6. The van der Waals surface area contributed by atoms with Crippen LogP contribution in [0.15, 0.2) is 0 Å². The number of nitrogens with one attached hydrogen (secondary N) is 1. The van der Waals surface area contributed by atoms with Gasteiger partial charge in [-0.3, -0.25) is 19.2 Å². The zero-order chi connectivity index (χ0) is 16.1. The molecule has 9 heteroatoms. The fourth-order valence-electron chi connectivity index (χ4n) is 1.16. The quantitative estimate of drug-likeness (QED) is 0.318. The largest absolute Gasteiger partial charge is 0.481 e. The van der Waals surface area contributed by atoms with Gasteiger partial charge < -0.3 is 25.0 Å². The van der Waals surface area contributed by atoms with Gasteiger partial charge >= 0.3 is 23.9 Å². The van der Waals surface area contributed by atoms with Crippen molar-refractivity contribution in [1.82, 2.24) is 5.32 Å². The van der Waals surface area contributed by atoms with Crippen LogP contribution in [0.2, 0.25) is 0 Å². The van der Waals surface area contributed by atoms with Crippen molar-refractivity contribution in [2.75, 3.05) is 26.3 Å². The van der Waals surface area contributed by atoms with Gasteiger partial charge in [0, 0.05) is 13.1 Å². The predicted molar refractivity (Wildman–Crippen MR) is 68.5 cm³/mol. The highest BCUT2D eigenvalue weighted by molar-refractivity contribution is 5.77. The third-order valence-electron chi connectivity index (χ3n) is 2.17. The van der Waals surface area contributed by atoms with E-state index in [1.54, 1.807) is 0 Å². The second-order valence-electron chi connectivity index (χ2n) is 3.98. The topological polar surface area (TPSA) is 139 Å². The number of aliphatic carboxylic acids is 2. The van der Waals surface area contributed by atoms with Gasteiger partial charge in [0.2, 0.25) is 0 Å². The van der Waals surface area contributed by atoms with Gasteiger partial charge in [0.05, 0.1) is 25.7 Å². The highest BCUT2D eigenvalue weighted by Gasteiger charge is 2.07. The van der Waals surface area contributed by atoms with Gasteiger partial charge in [-0.25, -0.2) is 0 Å². The number of carboxylic acids is 2. The summed E-state index contributed by atoms with van der Waals surface area (Å²) in [7, 11) is 0. The number of hydrogen-bond acceptors (Lipinski definition) is 7. The van der Waals surface area contributed by atoms with Crippen molar-refractivity contribution in [2.24, 2.45) is 0 Å². The van der Waals surface area contributed by atoms with Crippen molar-refractivity contribution < 1.29 is 38.9 Å². The minimum atomic E-state index is -1.06. The van der Waals surface area contributed by atoms with Crippen molar-refractivity contribution >= 4 is 23.9 Å². The molecule has 0 radical (unpaired) electrons. The van der Waals surface area contributed by atoms with Gasteiger partial charge in [-0.2, -0.15) is 0 Å². The first-order chi connectivity index (χ1) is 9.91. The van der Waals surface area contributed by atoms with Crippen molar-refractivity contribution in [3.05, 3.63) is 0 Å². The molecule has 0 aromatic heterocycles. The maximum atomic E-state index is 11.0. The molecule has 120 valence electrons. The van der Waals surface area contributed by atoms with Crippen molar-refractivity contribution in [3.63, 3.8) is 0 Å². The number of hydrogen-bond donors (Lipinski definition) is 3. The number of carboxylic acid groups (broad SMARTS) is 2. The van der Waals surface area contributed by atoms with Gasteiger partial charge in [0.1, 0.15) is 13.2 Å². The van der Waals surface area contributed by atoms with Crippen molar-refractivity contribution in [2.45, 2.75) is 25.7 Å². The summed E-state index contributed by atoms with van der Waals surface area (Å²) in [6, 6.07) is 0. The van der Waals surface area contributed by atoms with Gasteiger partial charge in [-0.15, -0.1) is 0 Å². The Morgan fingerprint density at radius 2 is 1.10 bits per heavy atom. The van der Waals surface area contributed by atoms with E-state index in [1.807, 2.05) is 0 Å². The minimum Gasteiger partial charge on any atom is -0.481 e. The summed E-state index contributed by atoms with van der Waals surface area (Å²) >= 11 is 0. The first-order valence-corrected chi connectivity index (χ1v) is 6.37. The van der Waals surface area contributed by atoms with Crippen LogP contribution in [0.5, 0.6) is 0 Å². The van der Waals surface area contributed by atoms with E-state index in [1.165, 1.54) is 0 Å². The average molecular weight is 305 g/mol. The van der Waals surface area contributed by atoms with E-state index in [0.29, 0.717) is 13.1 Å². The van der Waals surface area contributed by atoms with Crippen LogP contribution in [0.4, 0.5) is 0 Å². The second-order valence-corrected chi connectivity index (χ2v) is 3.98. The van der Waals surface area contributed by atoms with E-state index in [9.17, 15) is 19.2 Å². The van der Waals surface area contributed by atoms with E-state index < -0.39 is 23.9 Å². The first kappa shape index (κ1) is 18.8. The molecule has 0 aliphatic heterocycles. The maximum Gasteiger partial charge on any atom is 0.306 e. The summed E-state index contributed by atoms with van der Waals surface area (Å²) in [5.41, 5.74) is 0. The Balaban J connectivity index is 3.36. The lowest BCUT2D eigenvalue weighted by Crippen LogP contribution is -2.26. The van der Waals surface area contributed by atoms with Crippen LogP contribution in [0.3, 0.4) is 0 Å². The molecule has 0 saturated carbocycles. The molecule has 0 heterocycles. The summed E-state index contributed by atoms with van der Waals surface area (Å²) in [4.78, 5) is 42.4. The molecule has 9 nitrogen and oxygen atoms in total. The van der Waals surface area contributed by atoms with Gasteiger partial charge in [-0.1, -0.05) is 0 Å². The maximum absolute atomic E-state index is 11.0. The number of carbonyl (C=O) groups excluding carboxylic acids is 2. The zero-order valence-electron chi connectivity index (χ0n) is 11.5. The standard InChI is InChI=1S/C12H19NO8/c14-9(15)1-3-11(18)20-7-5-13-6-8-21-12(19)4-2-10(16)17/h13H,1-8H2,(H,14,15)(H,16,17). The van der Waals surface area contributed by atoms with E-state index in [0.717, 1.165) is 0 Å².